The summed E-state index contributed by atoms with van der Waals surface area (Å²) in [7, 11) is 0. The van der Waals surface area contributed by atoms with E-state index in [1.54, 1.807) is 0 Å². The van der Waals surface area contributed by atoms with Gasteiger partial charge in [0.15, 0.2) is 12.5 Å². The van der Waals surface area contributed by atoms with E-state index in [2.05, 4.69) is 46.8 Å². The molecule has 4 rings (SSSR count). The van der Waals surface area contributed by atoms with Crippen molar-refractivity contribution in [2.75, 3.05) is 0 Å². The molecular weight excluding hydrogens is 292 g/mol. The van der Waals surface area contributed by atoms with Gasteiger partial charge in [-0.15, -0.1) is 0 Å². The molecule has 108 valence electrons. The van der Waals surface area contributed by atoms with Crippen molar-refractivity contribution in [3.63, 3.8) is 0 Å². The summed E-state index contributed by atoms with van der Waals surface area (Å²) in [5.41, 5.74) is 2.12. The van der Waals surface area contributed by atoms with Crippen molar-refractivity contribution in [3.05, 3.63) is 85.2 Å². The van der Waals surface area contributed by atoms with E-state index in [0.29, 0.717) is 0 Å². The fraction of sp³-hybridized carbons (Fsp3) is 0. The molecule has 0 amide bonds. The Labute approximate surface area is 134 Å². The summed E-state index contributed by atoms with van der Waals surface area (Å²) in [4.78, 5) is 8.36. The van der Waals surface area contributed by atoms with Crippen molar-refractivity contribution in [2.45, 2.75) is 0 Å². The molecule has 0 aliphatic heterocycles. The molecule has 0 atom stereocenters. The second-order valence-electron chi connectivity index (χ2n) is 4.39. The Kier molecular flexibility index (Phi) is 6.08. The lowest BCUT2D eigenvalue weighted by atomic mass is 10.2. The monoisotopic (exact) mass is 306 g/mol. The minimum atomic E-state index is 1.06. The zero-order chi connectivity index (χ0) is 15.6. The first-order valence-corrected chi connectivity index (χ1v) is 7.03. The number of rotatable bonds is 0. The van der Waals surface area contributed by atoms with Gasteiger partial charge in [0.05, 0.1) is 11.0 Å². The Morgan fingerprint density at radius 2 is 0.909 bits per heavy atom. The number of nitrogens with zero attached hydrogens (tertiary/aromatic N) is 2. The molecule has 0 fully saturated rings. The maximum atomic E-state index is 7.83. The number of pyridine rings is 2. The Bertz CT molecular complexity index is 650. The average Bonchev–Trinajstić information content (AvgIpc) is 2.64. The second kappa shape index (κ2) is 8.54. The van der Waals surface area contributed by atoms with Crippen LogP contribution in [-0.4, -0.2) is 14.2 Å². The van der Waals surface area contributed by atoms with Gasteiger partial charge in [-0.2, -0.15) is 4.21 Å². The smallest absolute Gasteiger partial charge is 0.197 e. The van der Waals surface area contributed by atoms with Crippen LogP contribution in [0.1, 0.15) is 0 Å². The van der Waals surface area contributed by atoms with Gasteiger partial charge in [-0.1, -0.05) is 48.5 Å². The SMILES string of the molecule is O=S.c1ccc2ncccc2c1.c1ccc2ncccc2c1. The minimum absolute atomic E-state index is 1.06. The van der Waals surface area contributed by atoms with Crippen molar-refractivity contribution in [2.24, 2.45) is 0 Å². The van der Waals surface area contributed by atoms with Crippen LogP contribution in [0.3, 0.4) is 0 Å². The maximum Gasteiger partial charge on any atom is 0.197 e. The lowest BCUT2D eigenvalue weighted by Crippen LogP contribution is -1.73. The molecule has 0 spiro atoms. The van der Waals surface area contributed by atoms with Gasteiger partial charge in [-0.25, -0.2) is 0 Å². The van der Waals surface area contributed by atoms with Crippen LogP contribution >= 0.6 is 0 Å². The van der Waals surface area contributed by atoms with Crippen molar-refractivity contribution in [1.29, 1.82) is 0 Å². The average molecular weight is 306 g/mol. The van der Waals surface area contributed by atoms with Gasteiger partial charge in [-0.05, 0) is 24.3 Å². The third kappa shape index (κ3) is 4.14. The highest BCUT2D eigenvalue weighted by Crippen LogP contribution is 2.08. The highest BCUT2D eigenvalue weighted by Gasteiger charge is 1.87. The third-order valence-corrected chi connectivity index (χ3v) is 3.02. The molecule has 2 aromatic heterocycles. The molecule has 0 aliphatic carbocycles. The maximum absolute atomic E-state index is 7.83. The second-order valence-corrected chi connectivity index (χ2v) is 4.39. The van der Waals surface area contributed by atoms with Crippen molar-refractivity contribution in [3.8, 4) is 0 Å². The molecule has 2 aromatic carbocycles. The number of para-hydroxylation sites is 2. The Morgan fingerprint density at radius 1 is 0.545 bits per heavy atom. The molecule has 3 nitrogen and oxygen atoms in total. The summed E-state index contributed by atoms with van der Waals surface area (Å²) in [5, 5.41) is 2.40. The Morgan fingerprint density at radius 3 is 1.32 bits per heavy atom. The van der Waals surface area contributed by atoms with E-state index in [0.717, 1.165) is 11.0 Å². The van der Waals surface area contributed by atoms with Crippen molar-refractivity contribution in [1.82, 2.24) is 9.97 Å². The van der Waals surface area contributed by atoms with E-state index in [1.807, 2.05) is 60.9 Å². The van der Waals surface area contributed by atoms with Crippen molar-refractivity contribution < 1.29 is 4.21 Å². The van der Waals surface area contributed by atoms with Gasteiger partial charge in [0.2, 0.25) is 0 Å². The summed E-state index contributed by atoms with van der Waals surface area (Å²) in [6.07, 6.45) is 3.62. The quantitative estimate of drug-likeness (QED) is 0.490. The van der Waals surface area contributed by atoms with E-state index in [4.69, 9.17) is 4.21 Å². The fourth-order valence-corrected chi connectivity index (χ4v) is 2.03. The van der Waals surface area contributed by atoms with Gasteiger partial charge < -0.3 is 0 Å². The molecule has 0 radical (unpaired) electrons. The van der Waals surface area contributed by atoms with Gasteiger partial charge >= 0.3 is 0 Å². The van der Waals surface area contributed by atoms with E-state index in [9.17, 15) is 0 Å². The van der Waals surface area contributed by atoms with Gasteiger partial charge in [0.25, 0.3) is 0 Å². The van der Waals surface area contributed by atoms with Crippen LogP contribution < -0.4 is 0 Å². The molecule has 0 saturated heterocycles. The van der Waals surface area contributed by atoms with E-state index in [1.165, 1.54) is 10.8 Å². The van der Waals surface area contributed by atoms with Crippen LogP contribution in [0.4, 0.5) is 0 Å². The minimum Gasteiger partial charge on any atom is -0.256 e. The zero-order valence-corrected chi connectivity index (χ0v) is 12.6. The first-order valence-electron chi connectivity index (χ1n) is 6.70. The molecule has 0 unspecified atom stereocenters. The summed E-state index contributed by atoms with van der Waals surface area (Å²) >= 11 is 2.83. The summed E-state index contributed by atoms with van der Waals surface area (Å²) in [6.45, 7) is 0. The zero-order valence-electron chi connectivity index (χ0n) is 11.8. The number of benzene rings is 2. The first-order chi connectivity index (χ1) is 10.9. The van der Waals surface area contributed by atoms with Crippen LogP contribution in [0.15, 0.2) is 85.2 Å². The van der Waals surface area contributed by atoms with Crippen molar-refractivity contribution >= 4 is 34.3 Å². The van der Waals surface area contributed by atoms with Gasteiger partial charge in [-0.3, -0.25) is 9.97 Å². The summed E-state index contributed by atoms with van der Waals surface area (Å²) in [5.74, 6) is 0. The highest BCUT2D eigenvalue weighted by atomic mass is 32.1. The largest absolute Gasteiger partial charge is 0.256 e. The predicted molar refractivity (Wildman–Crippen MR) is 91.6 cm³/mol. The van der Waals surface area contributed by atoms with Crippen LogP contribution in [0.5, 0.6) is 0 Å². The Balaban J connectivity index is 0.000000144. The van der Waals surface area contributed by atoms with Crippen LogP contribution in [0.2, 0.25) is 0 Å². The molecule has 2 heterocycles. The van der Waals surface area contributed by atoms with Gasteiger partial charge in [0.1, 0.15) is 0 Å². The van der Waals surface area contributed by atoms with E-state index >= 15 is 0 Å². The number of hydrogen-bond acceptors (Lipinski definition) is 4. The Hall–Kier alpha value is -2.72. The predicted octanol–water partition coefficient (Wildman–Crippen LogP) is 4.13. The standard InChI is InChI=1S/2C9H7N.OS/c2*1-2-6-9-8(4-1)5-3-7-10-9;1-2/h2*1-7H;. The molecule has 4 aromatic rings. The first kappa shape index (κ1) is 15.7. The number of aromatic nitrogens is 2. The molecule has 4 heteroatoms. The van der Waals surface area contributed by atoms with E-state index < -0.39 is 0 Å². The van der Waals surface area contributed by atoms with Crippen LogP contribution in [-0.2, 0) is 12.5 Å². The molecule has 22 heavy (non-hydrogen) atoms. The highest BCUT2D eigenvalue weighted by molar-refractivity contribution is 7.44. The summed E-state index contributed by atoms with van der Waals surface area (Å²) in [6, 6.07) is 24.2. The van der Waals surface area contributed by atoms with Crippen LogP contribution in [0, 0.1) is 0 Å². The topological polar surface area (TPSA) is 42.9 Å². The molecule has 0 saturated carbocycles. The van der Waals surface area contributed by atoms with Crippen LogP contribution in [0.25, 0.3) is 21.8 Å². The summed E-state index contributed by atoms with van der Waals surface area (Å²) < 4.78 is 7.83. The van der Waals surface area contributed by atoms with E-state index in [-0.39, 0.29) is 0 Å². The van der Waals surface area contributed by atoms with Gasteiger partial charge in [0, 0.05) is 23.2 Å². The normalized spacial score (nSPS) is 9.27. The molecule has 0 bridgehead atoms. The lowest BCUT2D eigenvalue weighted by Gasteiger charge is -1.91. The number of hydrogen-bond donors (Lipinski definition) is 0. The molecule has 0 N–H and O–H groups in total. The molecular formula is C18H14N2OS. The molecule has 0 aliphatic rings. The number of fused-ring (bicyclic) bond motifs is 2. The lowest BCUT2D eigenvalue weighted by molar-refractivity contribution is 0.702. The fourth-order valence-electron chi connectivity index (χ4n) is 2.03. The third-order valence-electron chi connectivity index (χ3n) is 3.02.